The van der Waals surface area contributed by atoms with Gasteiger partial charge in [-0.3, -0.25) is 4.79 Å². The van der Waals surface area contributed by atoms with E-state index >= 15 is 0 Å². The Morgan fingerprint density at radius 1 is 1.38 bits per heavy atom. The molecule has 16 heavy (non-hydrogen) atoms. The van der Waals surface area contributed by atoms with Crippen molar-refractivity contribution in [2.24, 2.45) is 5.73 Å². The number of carbonyl (C=O) groups is 1. The molecule has 0 bridgehead atoms. The minimum atomic E-state index is -0.231. The first kappa shape index (κ1) is 12.7. The highest BCUT2D eigenvalue weighted by Gasteiger charge is 2.13. The van der Waals surface area contributed by atoms with Crippen molar-refractivity contribution in [3.8, 4) is 0 Å². The van der Waals surface area contributed by atoms with Gasteiger partial charge in [0.25, 0.3) is 0 Å². The molecule has 0 aliphatic heterocycles. The first-order valence-electron chi connectivity index (χ1n) is 5.63. The average molecular weight is 221 g/mol. The Morgan fingerprint density at radius 3 is 2.56 bits per heavy atom. The molecule has 0 heterocycles. The summed E-state index contributed by atoms with van der Waals surface area (Å²) >= 11 is 0. The quantitative estimate of drug-likeness (QED) is 0.777. The van der Waals surface area contributed by atoms with Crippen molar-refractivity contribution in [2.45, 2.75) is 38.8 Å². The zero-order valence-electron chi connectivity index (χ0n) is 9.85. The van der Waals surface area contributed by atoms with E-state index in [2.05, 4.69) is 0 Å². The van der Waals surface area contributed by atoms with Crippen LogP contribution in [0.4, 0.5) is 0 Å². The van der Waals surface area contributed by atoms with E-state index in [0.29, 0.717) is 0 Å². The molecule has 0 aliphatic carbocycles. The number of rotatable bonds is 5. The number of hydrogen-bond donors (Lipinski definition) is 1. The minimum absolute atomic E-state index is 0.101. The van der Waals surface area contributed by atoms with Gasteiger partial charge in [-0.25, -0.2) is 0 Å². The van der Waals surface area contributed by atoms with Crippen molar-refractivity contribution in [1.29, 1.82) is 0 Å². The summed E-state index contributed by atoms with van der Waals surface area (Å²) in [5.74, 6) is -0.231. The summed E-state index contributed by atoms with van der Waals surface area (Å²) in [6.45, 7) is 3.82. The highest BCUT2D eigenvalue weighted by molar-refractivity contribution is 5.70. The van der Waals surface area contributed by atoms with Crippen LogP contribution in [0.3, 0.4) is 0 Å². The van der Waals surface area contributed by atoms with Gasteiger partial charge in [0.15, 0.2) is 0 Å². The summed E-state index contributed by atoms with van der Waals surface area (Å²) in [5, 5.41) is 0. The fourth-order valence-corrected chi connectivity index (χ4v) is 1.40. The lowest BCUT2D eigenvalue weighted by Gasteiger charge is -2.15. The molecule has 0 spiro atoms. The van der Waals surface area contributed by atoms with Crippen molar-refractivity contribution in [3.63, 3.8) is 0 Å². The second-order valence-corrected chi connectivity index (χ2v) is 3.92. The van der Waals surface area contributed by atoms with Crippen LogP contribution in [-0.4, -0.2) is 12.0 Å². The number of esters is 1. The molecule has 3 nitrogen and oxygen atoms in total. The molecule has 0 saturated carbocycles. The molecule has 0 aliphatic rings. The molecule has 0 radical (unpaired) electrons. The third-order valence-corrected chi connectivity index (χ3v) is 2.53. The number of benzene rings is 1. The summed E-state index contributed by atoms with van der Waals surface area (Å²) in [6, 6.07) is 9.57. The van der Waals surface area contributed by atoms with Crippen molar-refractivity contribution in [2.75, 3.05) is 0 Å². The molecule has 1 aromatic carbocycles. The highest BCUT2D eigenvalue weighted by atomic mass is 16.5. The maximum atomic E-state index is 11.5. The van der Waals surface area contributed by atoms with Crippen LogP contribution in [0.5, 0.6) is 0 Å². The van der Waals surface area contributed by atoms with E-state index in [1.807, 2.05) is 44.2 Å². The predicted octanol–water partition coefficient (Wildman–Crippen LogP) is 2.42. The monoisotopic (exact) mass is 221 g/mol. The topological polar surface area (TPSA) is 52.3 Å². The van der Waals surface area contributed by atoms with Gasteiger partial charge in [-0.2, -0.15) is 0 Å². The number of nitrogens with two attached hydrogens (primary N) is 1. The van der Waals surface area contributed by atoms with Gasteiger partial charge in [-0.15, -0.1) is 0 Å². The van der Waals surface area contributed by atoms with Crippen LogP contribution in [0.2, 0.25) is 0 Å². The van der Waals surface area contributed by atoms with Crippen LogP contribution in [0, 0.1) is 0 Å². The van der Waals surface area contributed by atoms with E-state index in [4.69, 9.17) is 10.5 Å². The van der Waals surface area contributed by atoms with Gasteiger partial charge >= 0.3 is 5.97 Å². The second kappa shape index (κ2) is 6.28. The van der Waals surface area contributed by atoms with Gasteiger partial charge in [0, 0.05) is 6.04 Å². The molecule has 2 N–H and O–H groups in total. The Kier molecular flexibility index (Phi) is 4.99. The fourth-order valence-electron chi connectivity index (χ4n) is 1.40. The molecular formula is C13H19NO2. The van der Waals surface area contributed by atoms with Crippen LogP contribution in [0.25, 0.3) is 0 Å². The van der Waals surface area contributed by atoms with Gasteiger partial charge in [-0.1, -0.05) is 37.3 Å². The number of carbonyl (C=O) groups excluding carboxylic acids is 1. The summed E-state index contributed by atoms with van der Waals surface area (Å²) in [7, 11) is 0. The molecule has 2 unspecified atom stereocenters. The Labute approximate surface area is 96.6 Å². The zero-order valence-corrected chi connectivity index (χ0v) is 9.85. The van der Waals surface area contributed by atoms with Crippen molar-refractivity contribution in [3.05, 3.63) is 35.9 Å². The largest absolute Gasteiger partial charge is 0.458 e. The summed E-state index contributed by atoms with van der Waals surface area (Å²) < 4.78 is 5.29. The maximum Gasteiger partial charge on any atom is 0.307 e. The third kappa shape index (κ3) is 4.03. The Bertz CT molecular complexity index is 324. The van der Waals surface area contributed by atoms with E-state index in [1.54, 1.807) is 0 Å². The Morgan fingerprint density at radius 2 is 2.00 bits per heavy atom. The van der Waals surface area contributed by atoms with E-state index in [-0.39, 0.29) is 24.5 Å². The van der Waals surface area contributed by atoms with Gasteiger partial charge in [-0.05, 0) is 18.9 Å². The SMILES string of the molecule is CCC(N)CC(=O)OC(C)c1ccccc1. The lowest BCUT2D eigenvalue weighted by Crippen LogP contribution is -2.24. The molecule has 0 amide bonds. The first-order chi connectivity index (χ1) is 7.63. The standard InChI is InChI=1S/C13H19NO2/c1-3-12(14)9-13(15)16-10(2)11-7-5-4-6-8-11/h4-8,10,12H,3,9,14H2,1-2H3. The highest BCUT2D eigenvalue weighted by Crippen LogP contribution is 2.16. The molecule has 3 heteroatoms. The van der Waals surface area contributed by atoms with Crippen LogP contribution >= 0.6 is 0 Å². The van der Waals surface area contributed by atoms with E-state index in [0.717, 1.165) is 12.0 Å². The normalized spacial score (nSPS) is 14.2. The molecule has 0 saturated heterocycles. The van der Waals surface area contributed by atoms with Crippen molar-refractivity contribution >= 4 is 5.97 Å². The Balaban J connectivity index is 2.46. The van der Waals surface area contributed by atoms with Gasteiger partial charge in [0.05, 0.1) is 6.42 Å². The maximum absolute atomic E-state index is 11.5. The predicted molar refractivity (Wildman–Crippen MR) is 63.8 cm³/mol. The summed E-state index contributed by atoms with van der Waals surface area (Å²) in [4.78, 5) is 11.5. The molecule has 0 fully saturated rings. The minimum Gasteiger partial charge on any atom is -0.458 e. The number of hydrogen-bond acceptors (Lipinski definition) is 3. The van der Waals surface area contributed by atoms with Crippen molar-refractivity contribution in [1.82, 2.24) is 0 Å². The van der Waals surface area contributed by atoms with Crippen LogP contribution < -0.4 is 5.73 Å². The molecule has 2 atom stereocenters. The first-order valence-corrected chi connectivity index (χ1v) is 5.63. The lowest BCUT2D eigenvalue weighted by molar-refractivity contribution is -0.149. The van der Waals surface area contributed by atoms with Gasteiger partial charge in [0.1, 0.15) is 6.10 Å². The van der Waals surface area contributed by atoms with Crippen LogP contribution in [0.15, 0.2) is 30.3 Å². The van der Waals surface area contributed by atoms with E-state index < -0.39 is 0 Å². The molecule has 1 aromatic rings. The molecule has 1 rings (SSSR count). The summed E-state index contributed by atoms with van der Waals surface area (Å²) in [6.07, 6.45) is 0.862. The van der Waals surface area contributed by atoms with Gasteiger partial charge < -0.3 is 10.5 Å². The molecule has 0 aromatic heterocycles. The van der Waals surface area contributed by atoms with Gasteiger partial charge in [0.2, 0.25) is 0 Å². The fraction of sp³-hybridized carbons (Fsp3) is 0.462. The van der Waals surface area contributed by atoms with E-state index in [1.165, 1.54) is 0 Å². The third-order valence-electron chi connectivity index (χ3n) is 2.53. The van der Waals surface area contributed by atoms with Crippen LogP contribution in [-0.2, 0) is 9.53 Å². The lowest BCUT2D eigenvalue weighted by atomic mass is 10.1. The zero-order chi connectivity index (χ0) is 12.0. The van der Waals surface area contributed by atoms with E-state index in [9.17, 15) is 4.79 Å². The Hall–Kier alpha value is -1.35. The molecular weight excluding hydrogens is 202 g/mol. The summed E-state index contributed by atoms with van der Waals surface area (Å²) in [5.41, 5.74) is 6.69. The average Bonchev–Trinajstić information content (AvgIpc) is 2.29. The second-order valence-electron chi connectivity index (χ2n) is 3.92. The number of ether oxygens (including phenoxy) is 1. The smallest absolute Gasteiger partial charge is 0.307 e. The van der Waals surface area contributed by atoms with Crippen LogP contribution in [0.1, 0.15) is 38.4 Å². The van der Waals surface area contributed by atoms with Crippen molar-refractivity contribution < 1.29 is 9.53 Å². The molecule has 88 valence electrons.